The van der Waals surface area contributed by atoms with E-state index in [0.717, 1.165) is 0 Å². The number of ether oxygens (including phenoxy) is 2. The zero-order valence-electron chi connectivity index (χ0n) is 8.60. The van der Waals surface area contributed by atoms with Gasteiger partial charge >= 0.3 is 0 Å². The van der Waals surface area contributed by atoms with E-state index >= 15 is 0 Å². The Bertz CT molecular complexity index is 564. The third-order valence-electron chi connectivity index (χ3n) is 2.25. The van der Waals surface area contributed by atoms with Crippen molar-refractivity contribution in [2.45, 2.75) is 4.90 Å². The second-order valence-electron chi connectivity index (χ2n) is 3.11. The fraction of sp³-hybridized carbons (Fsp3) is 0.222. The van der Waals surface area contributed by atoms with Crippen LogP contribution in [0.15, 0.2) is 17.0 Å². The maximum Gasteiger partial charge on any atom is 0.270 e. The minimum Gasteiger partial charge on any atom is -0.496 e. The normalized spacial score (nSPS) is 16.5. The minimum atomic E-state index is -3.83. The number of hydrogen-bond donors (Lipinski definition) is 1. The molecule has 0 aliphatic carbocycles. The Morgan fingerprint density at radius 2 is 1.69 bits per heavy atom. The molecule has 0 bridgehead atoms. The predicted molar refractivity (Wildman–Crippen MR) is 54.2 cm³/mol. The summed E-state index contributed by atoms with van der Waals surface area (Å²) in [5.74, 6) is -0.380. The number of carbonyl (C=O) groups excluding carboxylic acids is 1. The van der Waals surface area contributed by atoms with Gasteiger partial charge in [-0.15, -0.1) is 0 Å². The van der Waals surface area contributed by atoms with Gasteiger partial charge < -0.3 is 9.47 Å². The molecule has 0 aromatic heterocycles. The molecule has 0 saturated heterocycles. The molecule has 0 saturated carbocycles. The van der Waals surface area contributed by atoms with E-state index in [1.54, 1.807) is 0 Å². The second-order valence-corrected chi connectivity index (χ2v) is 4.73. The summed E-state index contributed by atoms with van der Waals surface area (Å²) in [6.07, 6.45) is 0. The zero-order chi connectivity index (χ0) is 11.9. The minimum absolute atomic E-state index is 0.0122. The standard InChI is InChI=1S/C9H9NO5S/c1-14-5-3-4-6(15-2)8-7(5)9(11)10-16(8,12)13/h3-4H,1-2H3,(H,10,11). The van der Waals surface area contributed by atoms with Crippen LogP contribution in [0.25, 0.3) is 0 Å². The van der Waals surface area contributed by atoms with Gasteiger partial charge in [-0.25, -0.2) is 13.1 Å². The van der Waals surface area contributed by atoms with Crippen LogP contribution in [0.4, 0.5) is 0 Å². The maximum atomic E-state index is 11.6. The molecule has 7 heteroatoms. The highest BCUT2D eigenvalue weighted by Crippen LogP contribution is 2.37. The molecule has 1 aliphatic rings. The molecule has 1 amide bonds. The summed E-state index contributed by atoms with van der Waals surface area (Å²) in [7, 11) is -1.14. The third-order valence-corrected chi connectivity index (χ3v) is 3.64. The number of benzene rings is 1. The van der Waals surface area contributed by atoms with E-state index in [1.807, 2.05) is 4.72 Å². The first kappa shape index (κ1) is 10.7. The molecule has 1 N–H and O–H groups in total. The molecule has 1 heterocycles. The highest BCUT2D eigenvalue weighted by molar-refractivity contribution is 7.90. The molecule has 2 rings (SSSR count). The van der Waals surface area contributed by atoms with Crippen LogP contribution in [0.1, 0.15) is 10.4 Å². The number of carbonyl (C=O) groups is 1. The lowest BCUT2D eigenvalue weighted by Gasteiger charge is -2.07. The summed E-state index contributed by atoms with van der Waals surface area (Å²) in [5, 5.41) is 0. The average molecular weight is 243 g/mol. The van der Waals surface area contributed by atoms with E-state index in [0.29, 0.717) is 0 Å². The Kier molecular flexibility index (Phi) is 2.27. The summed E-state index contributed by atoms with van der Waals surface area (Å²) >= 11 is 0. The zero-order valence-corrected chi connectivity index (χ0v) is 9.42. The molecule has 0 spiro atoms. The van der Waals surface area contributed by atoms with Crippen molar-refractivity contribution in [3.8, 4) is 11.5 Å². The van der Waals surface area contributed by atoms with E-state index in [4.69, 9.17) is 9.47 Å². The van der Waals surface area contributed by atoms with E-state index in [2.05, 4.69) is 0 Å². The topological polar surface area (TPSA) is 81.7 Å². The fourth-order valence-electron chi connectivity index (χ4n) is 1.58. The number of fused-ring (bicyclic) bond motifs is 1. The number of methoxy groups -OCH3 is 2. The Balaban J connectivity index is 2.85. The molecule has 6 nitrogen and oxygen atoms in total. The Morgan fingerprint density at radius 3 is 2.25 bits per heavy atom. The molecule has 1 aromatic carbocycles. The highest BCUT2D eigenvalue weighted by Gasteiger charge is 2.38. The molecule has 0 atom stereocenters. The van der Waals surface area contributed by atoms with Crippen molar-refractivity contribution in [1.82, 2.24) is 4.72 Å². The lowest BCUT2D eigenvalue weighted by atomic mass is 10.2. The van der Waals surface area contributed by atoms with Crippen molar-refractivity contribution in [1.29, 1.82) is 0 Å². The van der Waals surface area contributed by atoms with Gasteiger partial charge in [0.15, 0.2) is 0 Å². The first-order valence-corrected chi connectivity index (χ1v) is 5.81. The number of hydrogen-bond acceptors (Lipinski definition) is 5. The second kappa shape index (κ2) is 3.38. The monoisotopic (exact) mass is 243 g/mol. The van der Waals surface area contributed by atoms with Gasteiger partial charge in [-0.2, -0.15) is 0 Å². The SMILES string of the molecule is COc1ccc(OC)c2c1C(=O)NS2(=O)=O. The number of rotatable bonds is 2. The van der Waals surface area contributed by atoms with Crippen molar-refractivity contribution < 1.29 is 22.7 Å². The predicted octanol–water partition coefficient (Wildman–Crippen LogP) is 0.136. The molecule has 86 valence electrons. The molecule has 1 aliphatic heterocycles. The Labute approximate surface area is 92.2 Å². The lowest BCUT2D eigenvalue weighted by molar-refractivity contribution is 0.0982. The van der Waals surface area contributed by atoms with Crippen LogP contribution >= 0.6 is 0 Å². The summed E-state index contributed by atoms with van der Waals surface area (Å²) in [6.45, 7) is 0. The highest BCUT2D eigenvalue weighted by atomic mass is 32.2. The first-order valence-electron chi connectivity index (χ1n) is 4.33. The van der Waals surface area contributed by atoms with Gasteiger partial charge in [0, 0.05) is 0 Å². The number of nitrogens with one attached hydrogen (secondary N) is 1. The van der Waals surface area contributed by atoms with Crippen LogP contribution < -0.4 is 14.2 Å². The van der Waals surface area contributed by atoms with Gasteiger partial charge in [0.1, 0.15) is 22.0 Å². The molecule has 1 aromatic rings. The molecule has 0 fully saturated rings. The van der Waals surface area contributed by atoms with Gasteiger partial charge in [0.25, 0.3) is 15.9 Å². The van der Waals surface area contributed by atoms with Crippen LogP contribution in [0.3, 0.4) is 0 Å². The molecular weight excluding hydrogens is 234 g/mol. The van der Waals surface area contributed by atoms with Crippen LogP contribution in [0.2, 0.25) is 0 Å². The van der Waals surface area contributed by atoms with Gasteiger partial charge in [0.05, 0.1) is 14.2 Å². The smallest absolute Gasteiger partial charge is 0.270 e. The number of sulfonamides is 1. The summed E-state index contributed by atoms with van der Waals surface area (Å²) < 4.78 is 35.0. The molecule has 0 radical (unpaired) electrons. The van der Waals surface area contributed by atoms with Gasteiger partial charge in [-0.1, -0.05) is 0 Å². The Hall–Kier alpha value is -1.76. The van der Waals surface area contributed by atoms with Crippen LogP contribution in [0, 0.1) is 0 Å². The summed E-state index contributed by atoms with van der Waals surface area (Å²) in [4.78, 5) is 11.3. The number of amides is 1. The van der Waals surface area contributed by atoms with E-state index in [9.17, 15) is 13.2 Å². The van der Waals surface area contributed by atoms with Crippen molar-refractivity contribution in [2.24, 2.45) is 0 Å². The summed E-state index contributed by atoms with van der Waals surface area (Å²) in [6, 6.07) is 2.92. The maximum absolute atomic E-state index is 11.6. The molecule has 0 unspecified atom stereocenters. The van der Waals surface area contributed by atoms with Gasteiger partial charge in [-0.3, -0.25) is 4.79 Å². The van der Waals surface area contributed by atoms with Crippen molar-refractivity contribution in [2.75, 3.05) is 14.2 Å². The quantitative estimate of drug-likeness (QED) is 0.798. The average Bonchev–Trinajstić information content (AvgIpc) is 2.49. The van der Waals surface area contributed by atoms with Crippen LogP contribution in [0.5, 0.6) is 11.5 Å². The van der Waals surface area contributed by atoms with E-state index in [1.165, 1.54) is 26.4 Å². The van der Waals surface area contributed by atoms with Crippen molar-refractivity contribution in [3.05, 3.63) is 17.7 Å². The van der Waals surface area contributed by atoms with Crippen LogP contribution in [-0.2, 0) is 10.0 Å². The van der Waals surface area contributed by atoms with Gasteiger partial charge in [0.2, 0.25) is 0 Å². The molecular formula is C9H9NO5S. The summed E-state index contributed by atoms with van der Waals surface area (Å²) in [5.41, 5.74) is -0.0122. The Morgan fingerprint density at radius 1 is 1.12 bits per heavy atom. The molecule has 16 heavy (non-hydrogen) atoms. The third kappa shape index (κ3) is 1.32. The van der Waals surface area contributed by atoms with Crippen molar-refractivity contribution in [3.63, 3.8) is 0 Å². The van der Waals surface area contributed by atoms with E-state index in [-0.39, 0.29) is 22.0 Å². The fourth-order valence-corrected chi connectivity index (χ4v) is 2.91. The van der Waals surface area contributed by atoms with Crippen LogP contribution in [-0.4, -0.2) is 28.5 Å². The van der Waals surface area contributed by atoms with Gasteiger partial charge in [-0.05, 0) is 12.1 Å². The lowest BCUT2D eigenvalue weighted by Crippen LogP contribution is -2.21. The van der Waals surface area contributed by atoms with Crippen molar-refractivity contribution >= 4 is 15.9 Å². The van der Waals surface area contributed by atoms with E-state index < -0.39 is 15.9 Å². The first-order chi connectivity index (χ1) is 7.51. The largest absolute Gasteiger partial charge is 0.496 e.